The molecule has 2 aromatic heterocycles. The van der Waals surface area contributed by atoms with Gasteiger partial charge >= 0.3 is 0 Å². The van der Waals surface area contributed by atoms with Gasteiger partial charge in [-0.1, -0.05) is 17.8 Å². The largest absolute Gasteiger partial charge is 0.497 e. The number of rotatable bonds is 5. The molecule has 0 saturated carbocycles. The molecule has 2 heterocycles. The molecule has 2 N–H and O–H groups in total. The van der Waals surface area contributed by atoms with Crippen LogP contribution in [0.1, 0.15) is 16.8 Å². The first-order valence-corrected chi connectivity index (χ1v) is 9.85. The molecule has 0 saturated heterocycles. The topological polar surface area (TPSA) is 83.7 Å². The number of methoxy groups -OCH3 is 1. The zero-order valence-electron chi connectivity index (χ0n) is 15.9. The van der Waals surface area contributed by atoms with Crippen molar-refractivity contribution in [3.8, 4) is 17.1 Å². The van der Waals surface area contributed by atoms with Gasteiger partial charge in [-0.2, -0.15) is 0 Å². The number of ether oxygens (including phenoxy) is 1. The number of hydrogen-bond acceptors (Lipinski definition) is 5. The van der Waals surface area contributed by atoms with Crippen molar-refractivity contribution in [2.24, 2.45) is 0 Å². The quantitative estimate of drug-likeness (QED) is 0.497. The number of benzene rings is 2. The Labute approximate surface area is 166 Å². The van der Waals surface area contributed by atoms with Crippen LogP contribution in [-0.2, 0) is 5.75 Å². The predicted octanol–water partition coefficient (Wildman–Crippen LogP) is 4.23. The van der Waals surface area contributed by atoms with Gasteiger partial charge in [0.25, 0.3) is 0 Å². The zero-order valence-corrected chi connectivity index (χ0v) is 16.7. The second-order valence-electron chi connectivity index (χ2n) is 6.57. The Morgan fingerprint density at radius 1 is 1.11 bits per heavy atom. The minimum absolute atomic E-state index is 0.0290. The van der Waals surface area contributed by atoms with Gasteiger partial charge in [0.1, 0.15) is 5.75 Å². The highest BCUT2D eigenvalue weighted by Gasteiger charge is 2.10. The van der Waals surface area contributed by atoms with Gasteiger partial charge in [-0.25, -0.2) is 4.98 Å². The molecular formula is C21H20N4O2S. The van der Waals surface area contributed by atoms with Crippen molar-refractivity contribution in [3.63, 3.8) is 0 Å². The van der Waals surface area contributed by atoms with Crippen molar-refractivity contribution in [3.05, 3.63) is 69.5 Å². The molecule has 0 bridgehead atoms. The Morgan fingerprint density at radius 3 is 2.64 bits per heavy atom. The van der Waals surface area contributed by atoms with E-state index in [1.165, 1.54) is 11.8 Å². The number of aromatic nitrogens is 4. The summed E-state index contributed by atoms with van der Waals surface area (Å²) in [6, 6.07) is 13.1. The van der Waals surface area contributed by atoms with E-state index in [4.69, 9.17) is 4.74 Å². The monoisotopic (exact) mass is 392 g/mol. The third-order valence-electron chi connectivity index (χ3n) is 4.78. The van der Waals surface area contributed by atoms with Crippen LogP contribution in [0.4, 0.5) is 0 Å². The number of nitrogens with one attached hydrogen (secondary N) is 2. The van der Waals surface area contributed by atoms with Crippen LogP contribution < -0.4 is 10.2 Å². The van der Waals surface area contributed by atoms with Gasteiger partial charge in [-0.15, -0.1) is 5.10 Å². The number of pyridine rings is 1. The van der Waals surface area contributed by atoms with Gasteiger partial charge in [-0.05, 0) is 55.3 Å². The molecule has 28 heavy (non-hydrogen) atoms. The molecule has 0 unspecified atom stereocenters. The minimum Gasteiger partial charge on any atom is -0.497 e. The molecule has 6 nitrogen and oxygen atoms in total. The SMILES string of the molecule is COc1ccc(-c2nc(SCc3cc(=O)c4ccc(C)c(C)c4[nH]3)n[nH]2)cc1. The fourth-order valence-corrected chi connectivity index (χ4v) is 3.73. The van der Waals surface area contributed by atoms with E-state index in [9.17, 15) is 4.79 Å². The summed E-state index contributed by atoms with van der Waals surface area (Å²) < 4.78 is 5.17. The second kappa shape index (κ2) is 7.52. The lowest BCUT2D eigenvalue weighted by Gasteiger charge is -2.08. The highest BCUT2D eigenvalue weighted by Crippen LogP contribution is 2.24. The van der Waals surface area contributed by atoms with Crippen molar-refractivity contribution in [1.82, 2.24) is 20.2 Å². The smallest absolute Gasteiger partial charge is 0.209 e. The third kappa shape index (κ3) is 3.53. The van der Waals surface area contributed by atoms with Crippen molar-refractivity contribution < 1.29 is 4.74 Å². The predicted molar refractivity (Wildman–Crippen MR) is 112 cm³/mol. The van der Waals surface area contributed by atoms with Crippen LogP contribution in [0, 0.1) is 13.8 Å². The van der Waals surface area contributed by atoms with Crippen LogP contribution in [-0.4, -0.2) is 27.3 Å². The molecule has 0 aliphatic heterocycles. The summed E-state index contributed by atoms with van der Waals surface area (Å²) in [5.41, 5.74) is 4.97. The number of aryl methyl sites for hydroxylation is 2. The van der Waals surface area contributed by atoms with E-state index in [0.717, 1.165) is 39.0 Å². The van der Waals surface area contributed by atoms with Crippen LogP contribution in [0.2, 0.25) is 0 Å². The maximum atomic E-state index is 12.4. The lowest BCUT2D eigenvalue weighted by molar-refractivity contribution is 0.415. The lowest BCUT2D eigenvalue weighted by Crippen LogP contribution is -2.06. The molecule has 0 atom stereocenters. The van der Waals surface area contributed by atoms with E-state index in [-0.39, 0.29) is 5.43 Å². The fraction of sp³-hybridized carbons (Fsp3) is 0.190. The molecule has 2 aromatic carbocycles. The van der Waals surface area contributed by atoms with E-state index in [1.54, 1.807) is 13.2 Å². The molecule has 0 radical (unpaired) electrons. The first-order chi connectivity index (χ1) is 13.5. The Kier molecular flexibility index (Phi) is 4.92. The zero-order chi connectivity index (χ0) is 19.7. The highest BCUT2D eigenvalue weighted by molar-refractivity contribution is 7.98. The number of nitrogens with zero attached hydrogens (tertiary/aromatic N) is 2. The normalized spacial score (nSPS) is 11.1. The Bertz CT molecular complexity index is 1200. The molecule has 142 valence electrons. The number of H-pyrrole nitrogens is 2. The molecule has 4 rings (SSSR count). The Morgan fingerprint density at radius 2 is 1.89 bits per heavy atom. The van der Waals surface area contributed by atoms with Crippen LogP contribution in [0.5, 0.6) is 5.75 Å². The molecule has 0 aliphatic carbocycles. The van der Waals surface area contributed by atoms with Gasteiger partial charge in [0.15, 0.2) is 11.3 Å². The Hall–Kier alpha value is -3.06. The van der Waals surface area contributed by atoms with Crippen molar-refractivity contribution in [2.75, 3.05) is 7.11 Å². The molecule has 4 aromatic rings. The van der Waals surface area contributed by atoms with Crippen LogP contribution in [0.3, 0.4) is 0 Å². The first kappa shape index (κ1) is 18.3. The number of fused-ring (bicyclic) bond motifs is 1. The van der Waals surface area contributed by atoms with E-state index in [2.05, 4.69) is 20.2 Å². The maximum Gasteiger partial charge on any atom is 0.209 e. The van der Waals surface area contributed by atoms with Gasteiger partial charge in [0.2, 0.25) is 5.16 Å². The number of aromatic amines is 2. The lowest BCUT2D eigenvalue weighted by atomic mass is 10.0. The highest BCUT2D eigenvalue weighted by atomic mass is 32.2. The summed E-state index contributed by atoms with van der Waals surface area (Å²) in [4.78, 5) is 20.4. The minimum atomic E-state index is 0.0290. The molecule has 0 aliphatic rings. The van der Waals surface area contributed by atoms with E-state index >= 15 is 0 Å². The molecule has 0 amide bonds. The van der Waals surface area contributed by atoms with Gasteiger partial charge < -0.3 is 9.72 Å². The number of hydrogen-bond donors (Lipinski definition) is 2. The Balaban J connectivity index is 1.54. The molecule has 0 fully saturated rings. The average molecular weight is 392 g/mol. The summed E-state index contributed by atoms with van der Waals surface area (Å²) in [5, 5.41) is 8.58. The van der Waals surface area contributed by atoms with E-state index in [1.807, 2.05) is 50.2 Å². The molecule has 0 spiro atoms. The molecular weight excluding hydrogens is 372 g/mol. The van der Waals surface area contributed by atoms with Crippen molar-refractivity contribution in [2.45, 2.75) is 24.8 Å². The summed E-state index contributed by atoms with van der Waals surface area (Å²) in [5.74, 6) is 2.07. The second-order valence-corrected chi connectivity index (χ2v) is 7.52. The van der Waals surface area contributed by atoms with Gasteiger partial charge in [0, 0.05) is 28.5 Å². The van der Waals surface area contributed by atoms with E-state index in [0.29, 0.717) is 16.7 Å². The fourth-order valence-electron chi connectivity index (χ4n) is 3.02. The average Bonchev–Trinajstić information content (AvgIpc) is 3.18. The standard InChI is InChI=1S/C21H20N4O2S/c1-12-4-9-17-18(26)10-15(22-19(17)13(12)2)11-28-21-23-20(24-25-21)14-5-7-16(27-3)8-6-14/h4-10H,11H2,1-3H3,(H,22,26)(H,23,24,25). The summed E-state index contributed by atoms with van der Waals surface area (Å²) in [7, 11) is 1.64. The van der Waals surface area contributed by atoms with E-state index < -0.39 is 0 Å². The van der Waals surface area contributed by atoms with Crippen molar-refractivity contribution in [1.29, 1.82) is 0 Å². The number of thioether (sulfide) groups is 1. The molecule has 7 heteroatoms. The van der Waals surface area contributed by atoms with Gasteiger partial charge in [-0.3, -0.25) is 9.89 Å². The van der Waals surface area contributed by atoms with Crippen LogP contribution in [0.15, 0.2) is 52.4 Å². The van der Waals surface area contributed by atoms with Gasteiger partial charge in [0.05, 0.1) is 12.6 Å². The summed E-state index contributed by atoms with van der Waals surface area (Å²) >= 11 is 1.48. The van der Waals surface area contributed by atoms with Crippen LogP contribution >= 0.6 is 11.8 Å². The summed E-state index contributed by atoms with van der Waals surface area (Å²) in [6.07, 6.45) is 0. The first-order valence-electron chi connectivity index (χ1n) is 8.87. The third-order valence-corrected chi connectivity index (χ3v) is 5.67. The van der Waals surface area contributed by atoms with Crippen LogP contribution in [0.25, 0.3) is 22.3 Å². The summed E-state index contributed by atoms with van der Waals surface area (Å²) in [6.45, 7) is 4.07. The maximum absolute atomic E-state index is 12.4. The van der Waals surface area contributed by atoms with Crippen molar-refractivity contribution >= 4 is 22.7 Å².